The third kappa shape index (κ3) is 3.00. The summed E-state index contributed by atoms with van der Waals surface area (Å²) >= 11 is 0. The van der Waals surface area contributed by atoms with E-state index in [0.29, 0.717) is 31.5 Å². The first-order valence-corrected chi connectivity index (χ1v) is 8.99. The van der Waals surface area contributed by atoms with E-state index in [2.05, 4.69) is 5.10 Å². The van der Waals surface area contributed by atoms with Crippen molar-refractivity contribution in [2.75, 3.05) is 13.1 Å². The summed E-state index contributed by atoms with van der Waals surface area (Å²) in [5.41, 5.74) is 1.34. The summed E-state index contributed by atoms with van der Waals surface area (Å²) < 4.78 is 1.84. The maximum atomic E-state index is 12.9. The second-order valence-corrected chi connectivity index (χ2v) is 7.23. The first kappa shape index (κ1) is 18.2. The minimum absolute atomic E-state index is 0.0681. The maximum Gasteiger partial charge on any atom is 0.314 e. The number of rotatable bonds is 4. The molecule has 1 fully saturated rings. The van der Waals surface area contributed by atoms with E-state index in [-0.39, 0.29) is 11.9 Å². The van der Waals surface area contributed by atoms with Crippen LogP contribution in [0.1, 0.15) is 54.3 Å². The lowest BCUT2D eigenvalue weighted by molar-refractivity contribution is -0.145. The van der Waals surface area contributed by atoms with E-state index < -0.39 is 11.4 Å². The highest BCUT2D eigenvalue weighted by molar-refractivity contribution is 5.95. The number of carboxylic acid groups (broad SMARTS) is 1. The van der Waals surface area contributed by atoms with Gasteiger partial charge in [-0.05, 0) is 39.2 Å². The number of carbonyl (C=O) groups excluding carboxylic acids is 1. The Morgan fingerprint density at radius 3 is 2.27 bits per heavy atom. The topological polar surface area (TPSA) is 75.4 Å². The number of aliphatic carboxylic acids is 1. The molecule has 3 rings (SSSR count). The average molecular weight is 355 g/mol. The van der Waals surface area contributed by atoms with Crippen molar-refractivity contribution >= 4 is 11.9 Å². The Hall–Kier alpha value is -2.63. The Bertz CT molecular complexity index is 803. The normalized spacial score (nSPS) is 16.7. The van der Waals surface area contributed by atoms with Crippen molar-refractivity contribution < 1.29 is 14.7 Å². The van der Waals surface area contributed by atoms with E-state index >= 15 is 0 Å². The van der Waals surface area contributed by atoms with Crippen molar-refractivity contribution in [3.8, 4) is 0 Å². The van der Waals surface area contributed by atoms with Gasteiger partial charge >= 0.3 is 5.97 Å². The molecule has 1 aliphatic rings. The van der Waals surface area contributed by atoms with Crippen LogP contribution in [0.3, 0.4) is 0 Å². The van der Waals surface area contributed by atoms with Crippen LogP contribution in [-0.4, -0.2) is 44.8 Å². The van der Waals surface area contributed by atoms with Crippen LogP contribution in [0.5, 0.6) is 0 Å². The molecule has 1 aromatic heterocycles. The number of amides is 1. The maximum absolute atomic E-state index is 12.9. The Morgan fingerprint density at radius 1 is 1.15 bits per heavy atom. The number of aromatic nitrogens is 2. The van der Waals surface area contributed by atoms with Crippen LogP contribution in [-0.2, 0) is 10.2 Å². The lowest BCUT2D eigenvalue weighted by Gasteiger charge is -2.39. The highest BCUT2D eigenvalue weighted by Gasteiger charge is 2.44. The van der Waals surface area contributed by atoms with Gasteiger partial charge in [0.25, 0.3) is 5.91 Å². The van der Waals surface area contributed by atoms with Crippen molar-refractivity contribution in [2.45, 2.75) is 45.1 Å². The minimum Gasteiger partial charge on any atom is -0.481 e. The number of benzene rings is 1. The van der Waals surface area contributed by atoms with Gasteiger partial charge in [-0.2, -0.15) is 5.10 Å². The molecule has 0 radical (unpaired) electrons. The number of likely N-dealkylation sites (tertiary alicyclic amines) is 1. The lowest BCUT2D eigenvalue weighted by atomic mass is 9.73. The van der Waals surface area contributed by atoms with Gasteiger partial charge in [-0.3, -0.25) is 14.3 Å². The SMILES string of the molecule is Cc1c(C(=O)N2CCC(C(=O)O)(c3ccccc3)CC2)cnn1C(C)C. The van der Waals surface area contributed by atoms with Gasteiger partial charge in [0.1, 0.15) is 0 Å². The van der Waals surface area contributed by atoms with E-state index in [1.165, 1.54) is 0 Å². The number of hydrogen-bond acceptors (Lipinski definition) is 3. The van der Waals surface area contributed by atoms with E-state index in [0.717, 1.165) is 11.3 Å². The van der Waals surface area contributed by atoms with E-state index in [1.807, 2.05) is 55.8 Å². The summed E-state index contributed by atoms with van der Waals surface area (Å²) in [6, 6.07) is 9.52. The third-order valence-electron chi connectivity index (χ3n) is 5.40. The molecule has 6 nitrogen and oxygen atoms in total. The van der Waals surface area contributed by atoms with E-state index in [1.54, 1.807) is 11.1 Å². The smallest absolute Gasteiger partial charge is 0.314 e. The van der Waals surface area contributed by atoms with E-state index in [4.69, 9.17) is 0 Å². The molecule has 26 heavy (non-hydrogen) atoms. The second kappa shape index (κ2) is 6.94. The van der Waals surface area contributed by atoms with Crippen LogP contribution in [0.2, 0.25) is 0 Å². The third-order valence-corrected chi connectivity index (χ3v) is 5.40. The molecule has 1 aliphatic heterocycles. The molecule has 1 aromatic carbocycles. The minimum atomic E-state index is -0.921. The largest absolute Gasteiger partial charge is 0.481 e. The van der Waals surface area contributed by atoms with Crippen molar-refractivity contribution in [1.82, 2.24) is 14.7 Å². The fourth-order valence-electron chi connectivity index (χ4n) is 3.80. The molecule has 6 heteroatoms. The summed E-state index contributed by atoms with van der Waals surface area (Å²) in [6.45, 7) is 6.79. The number of piperidine rings is 1. The molecule has 1 saturated heterocycles. The molecular formula is C20H25N3O3. The van der Waals surface area contributed by atoms with Crippen LogP contribution >= 0.6 is 0 Å². The zero-order chi connectivity index (χ0) is 18.9. The van der Waals surface area contributed by atoms with Gasteiger partial charge < -0.3 is 10.0 Å². The standard InChI is InChI=1S/C20H25N3O3/c1-14(2)23-15(3)17(13-21-23)18(24)22-11-9-20(10-12-22,19(25)26)16-7-5-4-6-8-16/h4-8,13-14H,9-12H2,1-3H3,(H,25,26). The summed E-state index contributed by atoms with van der Waals surface area (Å²) in [5.74, 6) is -0.888. The second-order valence-electron chi connectivity index (χ2n) is 7.23. The van der Waals surface area contributed by atoms with Crippen LogP contribution in [0, 0.1) is 6.92 Å². The first-order valence-electron chi connectivity index (χ1n) is 8.99. The predicted octanol–water partition coefficient (Wildman–Crippen LogP) is 3.03. The molecule has 2 aromatic rings. The monoisotopic (exact) mass is 355 g/mol. The van der Waals surface area contributed by atoms with Gasteiger partial charge in [0.2, 0.25) is 0 Å². The fourth-order valence-corrected chi connectivity index (χ4v) is 3.80. The van der Waals surface area contributed by atoms with Crippen molar-refractivity contribution in [3.05, 3.63) is 53.3 Å². The Morgan fingerprint density at radius 2 is 1.77 bits per heavy atom. The molecular weight excluding hydrogens is 330 g/mol. The van der Waals surface area contributed by atoms with Crippen LogP contribution < -0.4 is 0 Å². The average Bonchev–Trinajstić information content (AvgIpc) is 3.03. The highest BCUT2D eigenvalue weighted by Crippen LogP contribution is 2.36. The Kier molecular flexibility index (Phi) is 4.85. The van der Waals surface area contributed by atoms with Gasteiger partial charge in [-0.1, -0.05) is 30.3 Å². The molecule has 0 unspecified atom stereocenters. The summed E-state index contributed by atoms with van der Waals surface area (Å²) in [6.07, 6.45) is 2.44. The fraction of sp³-hybridized carbons (Fsp3) is 0.450. The molecule has 138 valence electrons. The molecule has 0 spiro atoms. The van der Waals surface area contributed by atoms with Gasteiger partial charge in [0.15, 0.2) is 0 Å². The summed E-state index contributed by atoms with van der Waals surface area (Å²) in [7, 11) is 0. The van der Waals surface area contributed by atoms with Gasteiger partial charge in [0, 0.05) is 24.8 Å². The van der Waals surface area contributed by atoms with Gasteiger partial charge in [0.05, 0.1) is 17.2 Å². The van der Waals surface area contributed by atoms with Crippen molar-refractivity contribution in [3.63, 3.8) is 0 Å². The predicted molar refractivity (Wildman–Crippen MR) is 98.2 cm³/mol. The molecule has 1 N–H and O–H groups in total. The number of carbonyl (C=O) groups is 2. The molecule has 0 aliphatic carbocycles. The van der Waals surface area contributed by atoms with Crippen molar-refractivity contribution in [1.29, 1.82) is 0 Å². The Labute approximate surface area is 153 Å². The Balaban J connectivity index is 1.79. The lowest BCUT2D eigenvalue weighted by Crippen LogP contribution is -2.49. The quantitative estimate of drug-likeness (QED) is 0.915. The van der Waals surface area contributed by atoms with E-state index in [9.17, 15) is 14.7 Å². The molecule has 0 saturated carbocycles. The molecule has 2 heterocycles. The zero-order valence-corrected chi connectivity index (χ0v) is 15.5. The van der Waals surface area contributed by atoms with Crippen molar-refractivity contribution in [2.24, 2.45) is 0 Å². The van der Waals surface area contributed by atoms with Crippen LogP contribution in [0.15, 0.2) is 36.5 Å². The number of nitrogens with zero attached hydrogens (tertiary/aromatic N) is 3. The van der Waals surface area contributed by atoms with Gasteiger partial charge in [-0.15, -0.1) is 0 Å². The first-order chi connectivity index (χ1) is 12.4. The van der Waals surface area contributed by atoms with Crippen LogP contribution in [0.25, 0.3) is 0 Å². The molecule has 0 atom stereocenters. The molecule has 0 bridgehead atoms. The summed E-state index contributed by atoms with van der Waals surface area (Å²) in [5, 5.41) is 14.2. The zero-order valence-electron chi connectivity index (χ0n) is 15.5. The van der Waals surface area contributed by atoms with Crippen LogP contribution in [0.4, 0.5) is 0 Å². The highest BCUT2D eigenvalue weighted by atomic mass is 16.4. The molecule has 1 amide bonds. The summed E-state index contributed by atoms with van der Waals surface area (Å²) in [4.78, 5) is 26.7. The number of hydrogen-bond donors (Lipinski definition) is 1. The number of carboxylic acids is 1. The van der Waals surface area contributed by atoms with Gasteiger partial charge in [-0.25, -0.2) is 0 Å².